The number of carbonyl (C=O) groups is 1. The van der Waals surface area contributed by atoms with Crippen LogP contribution in [0.15, 0.2) is 60.7 Å². The number of nitrogens with zero attached hydrogens (tertiary/aromatic N) is 1. The zero-order valence-corrected chi connectivity index (χ0v) is 16.1. The van der Waals surface area contributed by atoms with Crippen LogP contribution in [0.4, 0.5) is 0 Å². The van der Waals surface area contributed by atoms with Crippen LogP contribution >= 0.6 is 0 Å². The lowest BCUT2D eigenvalue weighted by atomic mass is 9.90. The lowest BCUT2D eigenvalue weighted by molar-refractivity contribution is -0.121. The molecule has 1 saturated heterocycles. The maximum atomic E-state index is 13.1. The molecule has 1 amide bonds. The van der Waals surface area contributed by atoms with E-state index in [9.17, 15) is 4.79 Å². The Kier molecular flexibility index (Phi) is 7.43. The number of methoxy groups -OCH3 is 1. The van der Waals surface area contributed by atoms with Crippen molar-refractivity contribution in [1.82, 2.24) is 10.2 Å². The second kappa shape index (κ2) is 10.2. The second-order valence-corrected chi connectivity index (χ2v) is 7.28. The number of benzene rings is 2. The Morgan fingerprint density at radius 2 is 1.59 bits per heavy atom. The molecule has 1 aliphatic heterocycles. The molecule has 0 atom stereocenters. The van der Waals surface area contributed by atoms with E-state index in [1.54, 1.807) is 7.11 Å². The van der Waals surface area contributed by atoms with Crippen molar-refractivity contribution in [3.63, 3.8) is 0 Å². The SMILES string of the molecule is COCCN1CCC(CNC(=O)C(c2ccccc2)c2ccccc2)CC1. The van der Waals surface area contributed by atoms with Crippen LogP contribution in [0.5, 0.6) is 0 Å². The van der Waals surface area contributed by atoms with Gasteiger partial charge in [-0.3, -0.25) is 4.79 Å². The van der Waals surface area contributed by atoms with Gasteiger partial charge in [0, 0.05) is 20.2 Å². The van der Waals surface area contributed by atoms with Gasteiger partial charge in [0.2, 0.25) is 5.91 Å². The highest BCUT2D eigenvalue weighted by Crippen LogP contribution is 2.25. The summed E-state index contributed by atoms with van der Waals surface area (Å²) < 4.78 is 5.16. The Morgan fingerprint density at radius 3 is 2.11 bits per heavy atom. The maximum absolute atomic E-state index is 13.1. The van der Waals surface area contributed by atoms with Gasteiger partial charge in [-0.1, -0.05) is 60.7 Å². The van der Waals surface area contributed by atoms with Crippen LogP contribution in [0.3, 0.4) is 0 Å². The molecule has 0 bridgehead atoms. The van der Waals surface area contributed by atoms with Gasteiger partial charge in [0.05, 0.1) is 12.5 Å². The first-order chi connectivity index (χ1) is 13.3. The Bertz CT molecular complexity index is 643. The van der Waals surface area contributed by atoms with E-state index in [4.69, 9.17) is 4.74 Å². The molecule has 27 heavy (non-hydrogen) atoms. The Balaban J connectivity index is 1.58. The van der Waals surface area contributed by atoms with Crippen LogP contribution in [0.1, 0.15) is 29.9 Å². The zero-order valence-electron chi connectivity index (χ0n) is 16.1. The van der Waals surface area contributed by atoms with Crippen molar-refractivity contribution in [2.24, 2.45) is 5.92 Å². The summed E-state index contributed by atoms with van der Waals surface area (Å²) >= 11 is 0. The van der Waals surface area contributed by atoms with Crippen LogP contribution < -0.4 is 5.32 Å². The lowest BCUT2D eigenvalue weighted by Gasteiger charge is -2.32. The average molecular weight is 367 g/mol. The number of hydrogen-bond acceptors (Lipinski definition) is 3. The van der Waals surface area contributed by atoms with Crippen molar-refractivity contribution in [2.75, 3.05) is 39.9 Å². The molecule has 0 aliphatic carbocycles. The van der Waals surface area contributed by atoms with E-state index in [0.717, 1.165) is 56.8 Å². The number of amides is 1. The summed E-state index contributed by atoms with van der Waals surface area (Å²) in [6, 6.07) is 20.1. The molecule has 1 N–H and O–H groups in total. The number of piperidine rings is 1. The molecule has 0 aromatic heterocycles. The van der Waals surface area contributed by atoms with Gasteiger partial charge in [-0.05, 0) is 43.0 Å². The summed E-state index contributed by atoms with van der Waals surface area (Å²) in [5.74, 6) is 0.392. The topological polar surface area (TPSA) is 41.6 Å². The number of ether oxygens (including phenoxy) is 1. The molecule has 1 heterocycles. The minimum absolute atomic E-state index is 0.0919. The van der Waals surface area contributed by atoms with E-state index in [1.165, 1.54) is 0 Å². The highest BCUT2D eigenvalue weighted by Gasteiger charge is 2.24. The highest BCUT2D eigenvalue weighted by molar-refractivity contribution is 5.87. The van der Waals surface area contributed by atoms with Gasteiger partial charge >= 0.3 is 0 Å². The molecule has 0 unspecified atom stereocenters. The fourth-order valence-corrected chi connectivity index (χ4v) is 3.77. The van der Waals surface area contributed by atoms with E-state index in [-0.39, 0.29) is 11.8 Å². The molecular formula is C23H30N2O2. The molecule has 144 valence electrons. The first-order valence-electron chi connectivity index (χ1n) is 9.87. The standard InChI is InChI=1S/C23H30N2O2/c1-27-17-16-25-14-12-19(13-15-25)18-24-23(26)22(20-8-4-2-5-9-20)21-10-6-3-7-11-21/h2-11,19,22H,12-18H2,1H3,(H,24,26). The molecule has 3 rings (SSSR count). The normalized spacial score (nSPS) is 15.8. The van der Waals surface area contributed by atoms with Crippen molar-refractivity contribution in [3.05, 3.63) is 71.8 Å². The fraction of sp³-hybridized carbons (Fsp3) is 0.435. The predicted molar refractivity (Wildman–Crippen MR) is 109 cm³/mol. The summed E-state index contributed by atoms with van der Waals surface area (Å²) in [6.45, 7) is 4.72. The number of likely N-dealkylation sites (tertiary alicyclic amines) is 1. The van der Waals surface area contributed by atoms with Crippen molar-refractivity contribution >= 4 is 5.91 Å². The quantitative estimate of drug-likeness (QED) is 0.779. The molecule has 4 heteroatoms. The van der Waals surface area contributed by atoms with Crippen LogP contribution in [0, 0.1) is 5.92 Å². The maximum Gasteiger partial charge on any atom is 0.232 e. The summed E-state index contributed by atoms with van der Waals surface area (Å²) in [5, 5.41) is 3.23. The number of nitrogens with one attached hydrogen (secondary N) is 1. The Labute approximate surface area is 162 Å². The summed E-state index contributed by atoms with van der Waals surface area (Å²) in [6.07, 6.45) is 2.26. The molecule has 2 aromatic rings. The van der Waals surface area contributed by atoms with Crippen LogP contribution in [-0.4, -0.2) is 50.7 Å². The first kappa shape index (κ1) is 19.6. The third-order valence-corrected chi connectivity index (χ3v) is 5.41. The smallest absolute Gasteiger partial charge is 0.232 e. The van der Waals surface area contributed by atoms with Gasteiger partial charge < -0.3 is 15.0 Å². The average Bonchev–Trinajstić information content (AvgIpc) is 2.73. The van der Waals surface area contributed by atoms with E-state index >= 15 is 0 Å². The van der Waals surface area contributed by atoms with Gasteiger partial charge in [0.1, 0.15) is 0 Å². The molecule has 0 spiro atoms. The minimum Gasteiger partial charge on any atom is -0.383 e. The van der Waals surface area contributed by atoms with Crippen LogP contribution in [0.2, 0.25) is 0 Å². The van der Waals surface area contributed by atoms with Gasteiger partial charge in [-0.25, -0.2) is 0 Å². The van der Waals surface area contributed by atoms with Gasteiger partial charge in [0.25, 0.3) is 0 Å². The highest BCUT2D eigenvalue weighted by atomic mass is 16.5. The third kappa shape index (κ3) is 5.65. The largest absolute Gasteiger partial charge is 0.383 e. The first-order valence-corrected chi connectivity index (χ1v) is 9.87. The van der Waals surface area contributed by atoms with Crippen molar-refractivity contribution in [3.8, 4) is 0 Å². The molecule has 0 saturated carbocycles. The van der Waals surface area contributed by atoms with E-state index in [2.05, 4.69) is 10.2 Å². The zero-order chi connectivity index (χ0) is 18.9. The summed E-state index contributed by atoms with van der Waals surface area (Å²) in [5.41, 5.74) is 2.08. The monoisotopic (exact) mass is 366 g/mol. The molecule has 4 nitrogen and oxygen atoms in total. The third-order valence-electron chi connectivity index (χ3n) is 5.41. The molecule has 1 fully saturated rings. The predicted octanol–water partition coefficient (Wildman–Crippen LogP) is 3.29. The van der Waals surface area contributed by atoms with Crippen molar-refractivity contribution < 1.29 is 9.53 Å². The molecular weight excluding hydrogens is 336 g/mol. The van der Waals surface area contributed by atoms with Gasteiger partial charge in [-0.2, -0.15) is 0 Å². The fourth-order valence-electron chi connectivity index (χ4n) is 3.77. The number of carbonyl (C=O) groups excluding carboxylic acids is 1. The van der Waals surface area contributed by atoms with E-state index in [1.807, 2.05) is 60.7 Å². The summed E-state index contributed by atoms with van der Waals surface area (Å²) in [7, 11) is 1.75. The van der Waals surface area contributed by atoms with E-state index < -0.39 is 0 Å². The number of hydrogen-bond donors (Lipinski definition) is 1. The van der Waals surface area contributed by atoms with Crippen molar-refractivity contribution in [1.29, 1.82) is 0 Å². The second-order valence-electron chi connectivity index (χ2n) is 7.28. The Hall–Kier alpha value is -2.17. The molecule has 1 aliphatic rings. The van der Waals surface area contributed by atoms with Crippen LogP contribution in [-0.2, 0) is 9.53 Å². The number of rotatable bonds is 8. The van der Waals surface area contributed by atoms with Gasteiger partial charge in [-0.15, -0.1) is 0 Å². The lowest BCUT2D eigenvalue weighted by Crippen LogP contribution is -2.40. The van der Waals surface area contributed by atoms with Crippen molar-refractivity contribution in [2.45, 2.75) is 18.8 Å². The molecule has 0 radical (unpaired) electrons. The minimum atomic E-state index is -0.255. The van der Waals surface area contributed by atoms with Crippen LogP contribution in [0.25, 0.3) is 0 Å². The Morgan fingerprint density at radius 1 is 1.04 bits per heavy atom. The molecule has 2 aromatic carbocycles. The van der Waals surface area contributed by atoms with Gasteiger partial charge in [0.15, 0.2) is 0 Å². The van der Waals surface area contributed by atoms with E-state index in [0.29, 0.717) is 5.92 Å². The summed E-state index contributed by atoms with van der Waals surface area (Å²) in [4.78, 5) is 15.5.